The van der Waals surface area contributed by atoms with E-state index in [0.717, 1.165) is 0 Å². The molecule has 0 radical (unpaired) electrons. The van der Waals surface area contributed by atoms with Crippen molar-refractivity contribution in [2.45, 2.75) is 0 Å². The normalized spacial score (nSPS) is 9.80. The maximum absolute atomic E-state index is 10.4. The summed E-state index contributed by atoms with van der Waals surface area (Å²) in [4.78, 5) is 23.9. The lowest BCUT2D eigenvalue weighted by Crippen LogP contribution is -2.06. The minimum atomic E-state index is -1.15. The molecule has 8 heteroatoms. The molecule has 0 fully saturated rings. The minimum Gasteiger partial charge on any atom is -0.465 e. The second-order valence-corrected chi connectivity index (χ2v) is 3.67. The van der Waals surface area contributed by atoms with Crippen molar-refractivity contribution in [3.05, 3.63) is 52.7 Å². The van der Waals surface area contributed by atoms with Crippen LogP contribution in [-0.2, 0) is 0 Å². The van der Waals surface area contributed by atoms with Gasteiger partial charge in [-0.05, 0) is 40.2 Å². The first-order valence-electron chi connectivity index (χ1n) is 5.43. The van der Waals surface area contributed by atoms with Crippen molar-refractivity contribution in [3.8, 4) is 11.5 Å². The summed E-state index contributed by atoms with van der Waals surface area (Å²) < 4.78 is 5.41. The molecule has 1 aromatic carbocycles. The highest BCUT2D eigenvalue weighted by Crippen LogP contribution is 2.23. The maximum Gasteiger partial charge on any atom is 0.409 e. The van der Waals surface area contributed by atoms with E-state index in [2.05, 4.69) is 10.3 Å². The summed E-state index contributed by atoms with van der Waals surface area (Å²) in [5.74, 6) is 0.532. The second kappa shape index (κ2) is 5.65. The minimum absolute atomic E-state index is 0.265. The molecule has 1 aromatic heterocycles. The summed E-state index contributed by atoms with van der Waals surface area (Å²) >= 11 is 0. The standard InChI is InChI=1S/C12H9N3O5/c16-12(17)14-8-1-3-9(4-2-8)20-10-5-6-11(13-7-10)15(18)19/h1-7,14H,(H,16,17). The molecule has 0 spiro atoms. The van der Waals surface area contributed by atoms with E-state index in [1.54, 1.807) is 12.1 Å². The first-order valence-corrected chi connectivity index (χ1v) is 5.43. The molecule has 102 valence electrons. The number of amides is 1. The van der Waals surface area contributed by atoms with Gasteiger partial charge in [0, 0.05) is 11.8 Å². The van der Waals surface area contributed by atoms with Crippen LogP contribution in [0.15, 0.2) is 42.6 Å². The first kappa shape index (κ1) is 13.3. The highest BCUT2D eigenvalue weighted by molar-refractivity contribution is 5.82. The van der Waals surface area contributed by atoms with E-state index in [0.29, 0.717) is 17.2 Å². The molecule has 2 N–H and O–H groups in total. The molecule has 0 unspecified atom stereocenters. The Morgan fingerprint density at radius 2 is 1.85 bits per heavy atom. The second-order valence-electron chi connectivity index (χ2n) is 3.67. The van der Waals surface area contributed by atoms with Crippen LogP contribution >= 0.6 is 0 Å². The smallest absolute Gasteiger partial charge is 0.409 e. The number of anilines is 1. The van der Waals surface area contributed by atoms with E-state index in [1.165, 1.54) is 30.5 Å². The Morgan fingerprint density at radius 1 is 1.20 bits per heavy atom. The molecule has 0 aliphatic carbocycles. The van der Waals surface area contributed by atoms with Gasteiger partial charge in [0.05, 0.1) is 0 Å². The summed E-state index contributed by atoms with van der Waals surface area (Å²) in [7, 11) is 0. The van der Waals surface area contributed by atoms with Gasteiger partial charge in [0.25, 0.3) is 0 Å². The molecule has 0 aliphatic rings. The lowest BCUT2D eigenvalue weighted by molar-refractivity contribution is -0.389. The van der Waals surface area contributed by atoms with Gasteiger partial charge < -0.3 is 20.0 Å². The third kappa shape index (κ3) is 3.42. The van der Waals surface area contributed by atoms with Crippen molar-refractivity contribution in [2.75, 3.05) is 5.32 Å². The molecule has 2 aromatic rings. The lowest BCUT2D eigenvalue weighted by atomic mass is 10.3. The van der Waals surface area contributed by atoms with Crippen molar-refractivity contribution in [1.82, 2.24) is 4.98 Å². The van der Waals surface area contributed by atoms with Gasteiger partial charge in [-0.25, -0.2) is 4.79 Å². The number of rotatable bonds is 4. The summed E-state index contributed by atoms with van der Waals surface area (Å²) in [6.45, 7) is 0. The highest BCUT2D eigenvalue weighted by atomic mass is 16.6. The number of hydrogen-bond donors (Lipinski definition) is 2. The number of hydrogen-bond acceptors (Lipinski definition) is 5. The Hall–Kier alpha value is -3.16. The van der Waals surface area contributed by atoms with Crippen LogP contribution in [0.5, 0.6) is 11.5 Å². The summed E-state index contributed by atoms with van der Waals surface area (Å²) in [6, 6.07) is 8.84. The number of aromatic nitrogens is 1. The third-order valence-electron chi connectivity index (χ3n) is 2.25. The van der Waals surface area contributed by atoms with Crippen LogP contribution in [0, 0.1) is 10.1 Å². The van der Waals surface area contributed by atoms with Gasteiger partial charge in [-0.3, -0.25) is 5.32 Å². The van der Waals surface area contributed by atoms with E-state index < -0.39 is 11.0 Å². The Balaban J connectivity index is 2.06. The molecule has 0 bridgehead atoms. The molecule has 2 rings (SSSR count). The van der Waals surface area contributed by atoms with Crippen molar-refractivity contribution in [2.24, 2.45) is 0 Å². The van der Waals surface area contributed by atoms with Crippen molar-refractivity contribution in [3.63, 3.8) is 0 Å². The van der Waals surface area contributed by atoms with Gasteiger partial charge in [-0.1, -0.05) is 0 Å². The summed E-state index contributed by atoms with van der Waals surface area (Å²) in [6.07, 6.45) is 0.0832. The zero-order valence-corrected chi connectivity index (χ0v) is 10.0. The van der Waals surface area contributed by atoms with Crippen LogP contribution in [-0.4, -0.2) is 21.1 Å². The number of nitro groups is 1. The number of benzene rings is 1. The Morgan fingerprint density at radius 3 is 2.35 bits per heavy atom. The van der Waals surface area contributed by atoms with Crippen LogP contribution < -0.4 is 10.1 Å². The number of carbonyl (C=O) groups is 1. The number of pyridine rings is 1. The Bertz CT molecular complexity index is 625. The number of ether oxygens (including phenoxy) is 1. The van der Waals surface area contributed by atoms with Gasteiger partial charge in [0.1, 0.15) is 5.75 Å². The van der Waals surface area contributed by atoms with Gasteiger partial charge in [-0.15, -0.1) is 0 Å². The molecule has 0 saturated heterocycles. The lowest BCUT2D eigenvalue weighted by Gasteiger charge is -2.05. The van der Waals surface area contributed by atoms with E-state index >= 15 is 0 Å². The average molecular weight is 275 g/mol. The third-order valence-corrected chi connectivity index (χ3v) is 2.25. The van der Waals surface area contributed by atoms with Gasteiger partial charge in [0.15, 0.2) is 11.9 Å². The number of nitrogens with zero attached hydrogens (tertiary/aromatic N) is 2. The summed E-state index contributed by atoms with van der Waals surface area (Å²) in [5, 5.41) is 21.2. The zero-order valence-electron chi connectivity index (χ0n) is 10.0. The fourth-order valence-electron chi connectivity index (χ4n) is 1.41. The largest absolute Gasteiger partial charge is 0.465 e. The Kier molecular flexibility index (Phi) is 3.75. The molecular formula is C12H9N3O5. The van der Waals surface area contributed by atoms with E-state index in [4.69, 9.17) is 9.84 Å². The molecule has 1 amide bonds. The van der Waals surface area contributed by atoms with E-state index in [1.807, 2.05) is 0 Å². The molecule has 20 heavy (non-hydrogen) atoms. The molecule has 0 atom stereocenters. The zero-order chi connectivity index (χ0) is 14.5. The fraction of sp³-hybridized carbons (Fsp3) is 0. The first-order chi connectivity index (χ1) is 9.54. The quantitative estimate of drug-likeness (QED) is 0.654. The van der Waals surface area contributed by atoms with Gasteiger partial charge >= 0.3 is 11.9 Å². The summed E-state index contributed by atoms with van der Waals surface area (Å²) in [5.41, 5.74) is 0.409. The molecule has 0 saturated carbocycles. The van der Waals surface area contributed by atoms with Gasteiger partial charge in [-0.2, -0.15) is 0 Å². The van der Waals surface area contributed by atoms with Crippen molar-refractivity contribution < 1.29 is 19.6 Å². The predicted molar refractivity (Wildman–Crippen MR) is 69.1 cm³/mol. The van der Waals surface area contributed by atoms with Crippen molar-refractivity contribution >= 4 is 17.6 Å². The molecule has 0 aliphatic heterocycles. The molecule has 8 nitrogen and oxygen atoms in total. The maximum atomic E-state index is 10.4. The van der Waals surface area contributed by atoms with Crippen LogP contribution in [0.1, 0.15) is 0 Å². The SMILES string of the molecule is O=C(O)Nc1ccc(Oc2ccc([N+](=O)[O-])nc2)cc1. The van der Waals surface area contributed by atoms with Crippen LogP contribution in [0.25, 0.3) is 0 Å². The fourth-order valence-corrected chi connectivity index (χ4v) is 1.41. The van der Waals surface area contributed by atoms with E-state index in [9.17, 15) is 14.9 Å². The number of carboxylic acid groups (broad SMARTS) is 1. The van der Waals surface area contributed by atoms with Crippen molar-refractivity contribution in [1.29, 1.82) is 0 Å². The van der Waals surface area contributed by atoms with Crippen LogP contribution in [0.4, 0.5) is 16.3 Å². The van der Waals surface area contributed by atoms with Crippen LogP contribution in [0.2, 0.25) is 0 Å². The van der Waals surface area contributed by atoms with Gasteiger partial charge in [0.2, 0.25) is 0 Å². The number of nitrogens with one attached hydrogen (secondary N) is 1. The highest BCUT2D eigenvalue weighted by Gasteiger charge is 2.07. The van der Waals surface area contributed by atoms with E-state index in [-0.39, 0.29) is 5.82 Å². The van der Waals surface area contributed by atoms with Crippen LogP contribution in [0.3, 0.4) is 0 Å². The molecular weight excluding hydrogens is 266 g/mol. The average Bonchev–Trinajstić information content (AvgIpc) is 2.41. The molecule has 1 heterocycles. The Labute approximate surface area is 112 Å². The topological polar surface area (TPSA) is 115 Å². The predicted octanol–water partition coefficient (Wildman–Crippen LogP) is 2.87. The monoisotopic (exact) mass is 275 g/mol.